The highest BCUT2D eigenvalue weighted by molar-refractivity contribution is 9.10. The normalized spacial score (nSPS) is 16.7. The van der Waals surface area contributed by atoms with E-state index in [0.29, 0.717) is 0 Å². The Morgan fingerprint density at radius 2 is 1.81 bits per heavy atom. The molecule has 0 radical (unpaired) electrons. The predicted octanol–water partition coefficient (Wildman–Crippen LogP) is 4.71. The zero-order valence-electron chi connectivity index (χ0n) is 13.1. The van der Waals surface area contributed by atoms with Crippen molar-refractivity contribution < 1.29 is 4.79 Å². The largest absolute Gasteiger partial charge is 0.355 e. The number of nitrogens with one attached hydrogen (secondary N) is 1. The molecule has 1 fully saturated rings. The molecule has 0 unspecified atom stereocenters. The van der Waals surface area contributed by atoms with E-state index in [1.165, 1.54) is 24.8 Å². The Morgan fingerprint density at radius 1 is 1.19 bits per heavy atom. The summed E-state index contributed by atoms with van der Waals surface area (Å²) in [4.78, 5) is 12.2. The number of halogens is 1. The smallest absolute Gasteiger partial charge is 0.223 e. The molecule has 1 aromatic rings. The Labute approximate surface area is 136 Å². The summed E-state index contributed by atoms with van der Waals surface area (Å²) >= 11 is 3.46. The second kappa shape index (κ2) is 7.44. The topological polar surface area (TPSA) is 29.1 Å². The van der Waals surface area contributed by atoms with Crippen LogP contribution >= 0.6 is 15.9 Å². The van der Waals surface area contributed by atoms with Gasteiger partial charge in [-0.1, -0.05) is 61.2 Å². The van der Waals surface area contributed by atoms with E-state index in [0.717, 1.165) is 30.3 Å². The zero-order valence-corrected chi connectivity index (χ0v) is 14.7. The Morgan fingerprint density at radius 3 is 2.43 bits per heavy atom. The fraction of sp³-hybridized carbons (Fsp3) is 0.611. The molecule has 21 heavy (non-hydrogen) atoms. The molecular formula is C18H26BrNO. The zero-order chi connectivity index (χ0) is 15.3. The summed E-state index contributed by atoms with van der Waals surface area (Å²) in [6.07, 6.45) is 6.82. The number of hydrogen-bond acceptors (Lipinski definition) is 1. The van der Waals surface area contributed by atoms with Crippen molar-refractivity contribution in [2.75, 3.05) is 6.54 Å². The Hall–Kier alpha value is -0.830. The third kappa shape index (κ3) is 5.46. The molecule has 0 bridgehead atoms. The van der Waals surface area contributed by atoms with Gasteiger partial charge in [0.2, 0.25) is 5.91 Å². The van der Waals surface area contributed by atoms with E-state index in [2.05, 4.69) is 59.4 Å². The summed E-state index contributed by atoms with van der Waals surface area (Å²) in [6.45, 7) is 5.19. The number of amides is 1. The van der Waals surface area contributed by atoms with E-state index in [1.807, 2.05) is 0 Å². The van der Waals surface area contributed by atoms with Crippen molar-refractivity contribution >= 4 is 21.8 Å². The van der Waals surface area contributed by atoms with Crippen LogP contribution in [0.5, 0.6) is 0 Å². The van der Waals surface area contributed by atoms with Crippen molar-refractivity contribution in [3.05, 3.63) is 34.3 Å². The maximum absolute atomic E-state index is 12.2. The molecule has 0 aromatic heterocycles. The lowest BCUT2D eigenvalue weighted by molar-refractivity contribution is -0.126. The average molecular weight is 352 g/mol. The summed E-state index contributed by atoms with van der Waals surface area (Å²) in [5, 5.41) is 3.18. The molecule has 1 aromatic carbocycles. The maximum atomic E-state index is 12.2. The summed E-state index contributed by atoms with van der Waals surface area (Å²) in [7, 11) is 0. The fourth-order valence-corrected chi connectivity index (χ4v) is 3.32. The van der Waals surface area contributed by atoms with Crippen LogP contribution in [-0.4, -0.2) is 12.5 Å². The average Bonchev–Trinajstić information content (AvgIpc) is 2.48. The Balaban J connectivity index is 1.82. The number of hydrogen-bond donors (Lipinski definition) is 1. The SMILES string of the molecule is CC(C)(CNC(=O)C1CCCCC1)Cc1ccc(Br)cc1. The van der Waals surface area contributed by atoms with Gasteiger partial charge in [-0.2, -0.15) is 0 Å². The van der Waals surface area contributed by atoms with E-state index in [9.17, 15) is 4.79 Å². The first-order valence-corrected chi connectivity index (χ1v) is 8.78. The Kier molecular flexibility index (Phi) is 5.86. The minimum Gasteiger partial charge on any atom is -0.355 e. The van der Waals surface area contributed by atoms with Gasteiger partial charge in [0.15, 0.2) is 0 Å². The fourth-order valence-electron chi connectivity index (χ4n) is 3.05. The molecule has 0 atom stereocenters. The molecule has 3 heteroatoms. The monoisotopic (exact) mass is 351 g/mol. The van der Waals surface area contributed by atoms with E-state index in [-0.39, 0.29) is 17.2 Å². The highest BCUT2D eigenvalue weighted by Gasteiger charge is 2.24. The lowest BCUT2D eigenvalue weighted by Crippen LogP contribution is -2.39. The summed E-state index contributed by atoms with van der Waals surface area (Å²) in [5.74, 6) is 0.515. The standard InChI is InChI=1S/C18H26BrNO/c1-18(2,12-14-8-10-16(19)11-9-14)13-20-17(21)15-6-4-3-5-7-15/h8-11,15H,3-7,12-13H2,1-2H3,(H,20,21). The van der Waals surface area contributed by atoms with Gasteiger partial charge in [-0.05, 0) is 42.4 Å². The van der Waals surface area contributed by atoms with Crippen LogP contribution in [0.3, 0.4) is 0 Å². The molecule has 0 saturated heterocycles. The van der Waals surface area contributed by atoms with Gasteiger partial charge in [0.05, 0.1) is 0 Å². The molecular weight excluding hydrogens is 326 g/mol. The Bertz CT molecular complexity index is 461. The molecule has 2 nitrogen and oxygen atoms in total. The van der Waals surface area contributed by atoms with Crippen LogP contribution in [-0.2, 0) is 11.2 Å². The molecule has 116 valence electrons. The first-order valence-electron chi connectivity index (χ1n) is 7.98. The first-order chi connectivity index (χ1) is 9.96. The van der Waals surface area contributed by atoms with Crippen LogP contribution in [0.4, 0.5) is 0 Å². The summed E-state index contributed by atoms with van der Waals surface area (Å²) in [6, 6.07) is 8.45. The minimum absolute atomic E-state index is 0.0815. The number of benzene rings is 1. The molecule has 0 aliphatic heterocycles. The van der Waals surface area contributed by atoms with Crippen molar-refractivity contribution in [2.24, 2.45) is 11.3 Å². The van der Waals surface area contributed by atoms with Crippen LogP contribution in [0.1, 0.15) is 51.5 Å². The van der Waals surface area contributed by atoms with E-state index in [4.69, 9.17) is 0 Å². The van der Waals surface area contributed by atoms with Gasteiger partial charge in [-0.3, -0.25) is 4.79 Å². The van der Waals surface area contributed by atoms with Gasteiger partial charge >= 0.3 is 0 Å². The molecule has 0 heterocycles. The second-order valence-corrected chi connectivity index (χ2v) is 7.94. The van der Waals surface area contributed by atoms with E-state index >= 15 is 0 Å². The molecule has 2 rings (SSSR count). The van der Waals surface area contributed by atoms with Crippen LogP contribution in [0.15, 0.2) is 28.7 Å². The number of carbonyl (C=O) groups is 1. The highest BCUT2D eigenvalue weighted by atomic mass is 79.9. The van der Waals surface area contributed by atoms with Gasteiger partial charge in [-0.25, -0.2) is 0 Å². The molecule has 0 spiro atoms. The second-order valence-electron chi connectivity index (χ2n) is 7.02. The van der Waals surface area contributed by atoms with Crippen LogP contribution in [0.25, 0.3) is 0 Å². The van der Waals surface area contributed by atoms with Gasteiger partial charge in [0, 0.05) is 16.9 Å². The van der Waals surface area contributed by atoms with Crippen LogP contribution in [0, 0.1) is 11.3 Å². The lowest BCUT2D eigenvalue weighted by atomic mass is 9.84. The molecule has 1 N–H and O–H groups in total. The highest BCUT2D eigenvalue weighted by Crippen LogP contribution is 2.25. The predicted molar refractivity (Wildman–Crippen MR) is 91.2 cm³/mol. The van der Waals surface area contributed by atoms with Crippen molar-refractivity contribution in [3.8, 4) is 0 Å². The summed E-state index contributed by atoms with van der Waals surface area (Å²) in [5.41, 5.74) is 1.40. The van der Waals surface area contributed by atoms with Crippen molar-refractivity contribution in [1.29, 1.82) is 0 Å². The molecule has 1 amide bonds. The van der Waals surface area contributed by atoms with Gasteiger partial charge in [0.25, 0.3) is 0 Å². The number of carbonyl (C=O) groups excluding carboxylic acids is 1. The number of rotatable bonds is 5. The van der Waals surface area contributed by atoms with Crippen molar-refractivity contribution in [3.63, 3.8) is 0 Å². The van der Waals surface area contributed by atoms with Crippen molar-refractivity contribution in [2.45, 2.75) is 52.4 Å². The van der Waals surface area contributed by atoms with Gasteiger partial charge in [-0.15, -0.1) is 0 Å². The molecule has 1 aliphatic carbocycles. The van der Waals surface area contributed by atoms with Crippen LogP contribution < -0.4 is 5.32 Å². The maximum Gasteiger partial charge on any atom is 0.223 e. The van der Waals surface area contributed by atoms with E-state index in [1.54, 1.807) is 0 Å². The summed E-state index contributed by atoms with van der Waals surface area (Å²) < 4.78 is 1.11. The third-order valence-corrected chi connectivity index (χ3v) is 4.84. The minimum atomic E-state index is 0.0815. The van der Waals surface area contributed by atoms with Crippen LogP contribution in [0.2, 0.25) is 0 Å². The molecule has 1 aliphatic rings. The van der Waals surface area contributed by atoms with Gasteiger partial charge < -0.3 is 5.32 Å². The van der Waals surface area contributed by atoms with Crippen molar-refractivity contribution in [1.82, 2.24) is 5.32 Å². The molecule has 1 saturated carbocycles. The van der Waals surface area contributed by atoms with Gasteiger partial charge in [0.1, 0.15) is 0 Å². The first kappa shape index (κ1) is 16.5. The van der Waals surface area contributed by atoms with E-state index < -0.39 is 0 Å². The lowest BCUT2D eigenvalue weighted by Gasteiger charge is -2.27. The quantitative estimate of drug-likeness (QED) is 0.817. The third-order valence-electron chi connectivity index (χ3n) is 4.31.